The molecule has 0 saturated carbocycles. The Morgan fingerprint density at radius 3 is 2.48 bits per heavy atom. The van der Waals surface area contributed by atoms with Gasteiger partial charge in [0.05, 0.1) is 21.6 Å². The second-order valence-corrected chi connectivity index (χ2v) is 5.87. The Bertz CT molecular complexity index is 686. The first-order valence-corrected chi connectivity index (χ1v) is 7.50. The normalized spacial score (nSPS) is 10.2. The van der Waals surface area contributed by atoms with Gasteiger partial charge in [0.2, 0.25) is 0 Å². The molecular formula is C16H18N4S. The average Bonchev–Trinajstić information content (AvgIpc) is 2.88. The summed E-state index contributed by atoms with van der Waals surface area (Å²) in [4.78, 5) is 8.18. The van der Waals surface area contributed by atoms with Crippen LogP contribution in [0, 0.1) is 11.3 Å². The summed E-state index contributed by atoms with van der Waals surface area (Å²) in [6.45, 7) is 3.99. The van der Waals surface area contributed by atoms with Crippen LogP contribution in [0.4, 0.5) is 5.13 Å². The molecule has 108 valence electrons. The van der Waals surface area contributed by atoms with E-state index in [1.165, 1.54) is 11.3 Å². The third-order valence-corrected chi connectivity index (χ3v) is 3.69. The fourth-order valence-electron chi connectivity index (χ4n) is 1.71. The number of nitrogen functional groups attached to an aromatic ring is 1. The van der Waals surface area contributed by atoms with E-state index in [-0.39, 0.29) is 5.92 Å². The highest BCUT2D eigenvalue weighted by atomic mass is 32.1. The quantitative estimate of drug-likeness (QED) is 0.702. The second kappa shape index (κ2) is 6.95. The number of benzene rings is 1. The minimum Gasteiger partial charge on any atom is -0.375 e. The molecule has 0 aliphatic carbocycles. The maximum absolute atomic E-state index is 7.62. The molecular weight excluding hydrogens is 280 g/mol. The summed E-state index contributed by atoms with van der Waals surface area (Å²) < 4.78 is 1.15. The van der Waals surface area contributed by atoms with Crippen molar-refractivity contribution in [3.8, 4) is 0 Å². The molecule has 3 N–H and O–H groups in total. The lowest BCUT2D eigenvalue weighted by Gasteiger charge is -2.04. The molecule has 0 atom stereocenters. The number of hydrogen-bond donors (Lipinski definition) is 2. The van der Waals surface area contributed by atoms with Gasteiger partial charge < -0.3 is 11.1 Å². The van der Waals surface area contributed by atoms with Gasteiger partial charge in [-0.1, -0.05) is 43.4 Å². The predicted octanol–water partition coefficient (Wildman–Crippen LogP) is 3.98. The van der Waals surface area contributed by atoms with E-state index in [2.05, 4.69) is 9.97 Å². The molecule has 5 heteroatoms. The van der Waals surface area contributed by atoms with E-state index in [1.54, 1.807) is 6.20 Å². The number of aromatic nitrogens is 2. The zero-order valence-electron chi connectivity index (χ0n) is 12.1. The number of nitrogens with two attached hydrogens (primary N) is 1. The number of nitrogens with one attached hydrogen (secondary N) is 1. The Morgan fingerprint density at radius 2 is 1.86 bits per heavy atom. The van der Waals surface area contributed by atoms with Crippen molar-refractivity contribution in [1.82, 2.24) is 9.97 Å². The van der Waals surface area contributed by atoms with Crippen molar-refractivity contribution in [3.05, 3.63) is 54.4 Å². The maximum atomic E-state index is 7.62. The van der Waals surface area contributed by atoms with Crippen LogP contribution in [0.15, 0.2) is 48.7 Å². The van der Waals surface area contributed by atoms with Crippen molar-refractivity contribution in [2.45, 2.75) is 13.8 Å². The zero-order chi connectivity index (χ0) is 15.2. The van der Waals surface area contributed by atoms with Gasteiger partial charge in [-0.05, 0) is 30.2 Å². The van der Waals surface area contributed by atoms with Gasteiger partial charge in [0, 0.05) is 6.20 Å². The van der Waals surface area contributed by atoms with Gasteiger partial charge in [0.25, 0.3) is 0 Å². The van der Waals surface area contributed by atoms with Crippen molar-refractivity contribution in [1.29, 1.82) is 5.41 Å². The first-order valence-electron chi connectivity index (χ1n) is 6.69. The third kappa shape index (κ3) is 4.10. The van der Waals surface area contributed by atoms with Crippen LogP contribution in [0.1, 0.15) is 19.5 Å². The lowest BCUT2D eigenvalue weighted by molar-refractivity contribution is 0.872. The van der Waals surface area contributed by atoms with Crippen LogP contribution in [-0.4, -0.2) is 15.7 Å². The van der Waals surface area contributed by atoms with Crippen LogP contribution in [-0.2, 0) is 0 Å². The van der Waals surface area contributed by atoms with Gasteiger partial charge >= 0.3 is 0 Å². The Hall–Kier alpha value is -2.27. The third-order valence-electron chi connectivity index (χ3n) is 2.83. The van der Waals surface area contributed by atoms with E-state index in [1.807, 2.05) is 56.3 Å². The van der Waals surface area contributed by atoms with Crippen molar-refractivity contribution in [2.75, 3.05) is 5.73 Å². The van der Waals surface area contributed by atoms with E-state index in [4.69, 9.17) is 11.1 Å². The molecule has 21 heavy (non-hydrogen) atoms. The van der Waals surface area contributed by atoms with Crippen LogP contribution in [0.2, 0.25) is 0 Å². The smallest absolute Gasteiger partial charge is 0.181 e. The summed E-state index contributed by atoms with van der Waals surface area (Å²) in [5.41, 5.74) is 7.87. The van der Waals surface area contributed by atoms with Crippen LogP contribution >= 0.6 is 11.3 Å². The number of pyridine rings is 1. The summed E-state index contributed by atoms with van der Waals surface area (Å²) in [6.07, 6.45) is 1.71. The molecule has 3 rings (SSSR count). The Balaban J connectivity index is 0.000000154. The number of rotatable bonds is 2. The lowest BCUT2D eigenvalue weighted by atomic mass is 10.1. The fraction of sp³-hybridized carbons (Fsp3) is 0.188. The number of hydrogen-bond acceptors (Lipinski definition) is 5. The molecule has 0 amide bonds. The minimum absolute atomic E-state index is 0.255. The van der Waals surface area contributed by atoms with Gasteiger partial charge in [-0.15, -0.1) is 0 Å². The molecule has 2 heterocycles. The van der Waals surface area contributed by atoms with Crippen molar-refractivity contribution in [2.24, 2.45) is 5.92 Å². The SMILES string of the molecule is CC(C)C(=N)c1ccccn1.Nc1nc2ccccc2s1. The topological polar surface area (TPSA) is 75.7 Å². The molecule has 0 aliphatic heterocycles. The van der Waals surface area contributed by atoms with Crippen molar-refractivity contribution in [3.63, 3.8) is 0 Å². The van der Waals surface area contributed by atoms with E-state index in [9.17, 15) is 0 Å². The first-order chi connectivity index (χ1) is 10.1. The van der Waals surface area contributed by atoms with Gasteiger partial charge in [-0.2, -0.15) is 0 Å². The number of anilines is 1. The molecule has 0 aliphatic rings. The molecule has 0 saturated heterocycles. The summed E-state index contributed by atoms with van der Waals surface area (Å²) in [5.74, 6) is 0.255. The second-order valence-electron chi connectivity index (χ2n) is 4.80. The Morgan fingerprint density at radius 1 is 1.14 bits per heavy atom. The minimum atomic E-state index is 0.255. The predicted molar refractivity (Wildman–Crippen MR) is 89.9 cm³/mol. The number of thiazole rings is 1. The summed E-state index contributed by atoms with van der Waals surface area (Å²) in [5, 5.41) is 8.26. The monoisotopic (exact) mass is 298 g/mol. The largest absolute Gasteiger partial charge is 0.375 e. The van der Waals surface area contributed by atoms with Gasteiger partial charge in [0.15, 0.2) is 5.13 Å². The molecule has 2 aromatic heterocycles. The lowest BCUT2D eigenvalue weighted by Crippen LogP contribution is -2.08. The average molecular weight is 298 g/mol. The van der Waals surface area contributed by atoms with E-state index in [0.717, 1.165) is 15.9 Å². The van der Waals surface area contributed by atoms with Crippen molar-refractivity contribution >= 4 is 32.4 Å². The molecule has 3 aromatic rings. The van der Waals surface area contributed by atoms with Crippen LogP contribution in [0.25, 0.3) is 10.2 Å². The van der Waals surface area contributed by atoms with Gasteiger partial charge in [-0.3, -0.25) is 4.98 Å². The number of para-hydroxylation sites is 1. The number of fused-ring (bicyclic) bond motifs is 1. The number of nitrogens with zero attached hydrogens (tertiary/aromatic N) is 2. The molecule has 0 radical (unpaired) electrons. The molecule has 4 nitrogen and oxygen atoms in total. The van der Waals surface area contributed by atoms with Gasteiger partial charge in [0.1, 0.15) is 0 Å². The summed E-state index contributed by atoms with van der Waals surface area (Å²) >= 11 is 1.52. The van der Waals surface area contributed by atoms with Crippen LogP contribution in [0.3, 0.4) is 0 Å². The highest BCUT2D eigenvalue weighted by Gasteiger charge is 2.05. The van der Waals surface area contributed by atoms with Gasteiger partial charge in [-0.25, -0.2) is 4.98 Å². The molecule has 0 fully saturated rings. The molecule has 0 bridgehead atoms. The van der Waals surface area contributed by atoms with Crippen LogP contribution < -0.4 is 5.73 Å². The van der Waals surface area contributed by atoms with E-state index < -0.39 is 0 Å². The Kier molecular flexibility index (Phi) is 5.00. The summed E-state index contributed by atoms with van der Waals surface area (Å²) in [6, 6.07) is 13.5. The zero-order valence-corrected chi connectivity index (χ0v) is 12.9. The molecule has 0 spiro atoms. The highest BCUT2D eigenvalue weighted by molar-refractivity contribution is 7.22. The fourth-order valence-corrected chi connectivity index (χ4v) is 2.44. The summed E-state index contributed by atoms with van der Waals surface area (Å²) in [7, 11) is 0. The maximum Gasteiger partial charge on any atom is 0.181 e. The Labute approximate surface area is 128 Å². The first kappa shape index (κ1) is 15.1. The van der Waals surface area contributed by atoms with Crippen molar-refractivity contribution < 1.29 is 0 Å². The van der Waals surface area contributed by atoms with E-state index >= 15 is 0 Å². The highest BCUT2D eigenvalue weighted by Crippen LogP contribution is 2.22. The standard InChI is InChI=1S/C9H12N2.C7H6N2S/c1-7(2)9(10)8-5-3-4-6-11-8;8-7-9-5-3-1-2-4-6(5)10-7/h3-7,10H,1-2H3;1-4H,(H2,8,9). The van der Waals surface area contributed by atoms with E-state index in [0.29, 0.717) is 10.8 Å². The molecule has 0 unspecified atom stereocenters. The molecule has 1 aromatic carbocycles. The van der Waals surface area contributed by atoms with Crippen LogP contribution in [0.5, 0.6) is 0 Å².